The maximum atomic E-state index is 13.8. The minimum Gasteiger partial charge on any atom is -0.497 e. The molecule has 0 bridgehead atoms. The molecule has 2 unspecified atom stereocenters. The molecule has 4 aromatic rings. The fourth-order valence-corrected chi connectivity index (χ4v) is 5.79. The molecule has 182 valence electrons. The number of ether oxygens (including phenoxy) is 1. The zero-order valence-corrected chi connectivity index (χ0v) is 20.7. The lowest BCUT2D eigenvalue weighted by Gasteiger charge is -2.47. The van der Waals surface area contributed by atoms with Gasteiger partial charge in [-0.3, -0.25) is 9.59 Å². The largest absolute Gasteiger partial charge is 0.497 e. The van der Waals surface area contributed by atoms with E-state index in [1.54, 1.807) is 16.9 Å². The van der Waals surface area contributed by atoms with Gasteiger partial charge in [0.25, 0.3) is 0 Å². The van der Waals surface area contributed by atoms with Crippen molar-refractivity contribution in [1.29, 1.82) is 0 Å². The van der Waals surface area contributed by atoms with Gasteiger partial charge in [0, 0.05) is 34.6 Å². The highest BCUT2D eigenvalue weighted by molar-refractivity contribution is 6.30. The lowest BCUT2D eigenvalue weighted by Crippen LogP contribution is -2.63. The van der Waals surface area contributed by atoms with Crippen LogP contribution in [0.15, 0.2) is 72.8 Å². The standard InChI is InChI=1S/C29H26ClN3O3/c1-36-21-11-9-18(10-12-21)13-14-32-17-26(34)33-25(29(32)35)16-23-22-7-2-3-8-24(22)31-27(23)28(33)19-5-4-6-20(30)15-19/h2-12,15,25,28,31H,13-14,16-17H2,1H3. The molecule has 7 heteroatoms. The summed E-state index contributed by atoms with van der Waals surface area (Å²) < 4.78 is 5.23. The molecule has 0 radical (unpaired) electrons. The summed E-state index contributed by atoms with van der Waals surface area (Å²) in [5.74, 6) is 0.733. The monoisotopic (exact) mass is 499 g/mol. The number of amides is 2. The summed E-state index contributed by atoms with van der Waals surface area (Å²) in [4.78, 5) is 34.5. The second-order valence-electron chi connectivity index (χ2n) is 9.40. The number of H-pyrrole nitrogens is 1. The minimum absolute atomic E-state index is 0.00827. The Morgan fingerprint density at radius 3 is 2.61 bits per heavy atom. The zero-order valence-electron chi connectivity index (χ0n) is 19.9. The maximum Gasteiger partial charge on any atom is 0.246 e. The van der Waals surface area contributed by atoms with Crippen LogP contribution in [0.5, 0.6) is 5.75 Å². The van der Waals surface area contributed by atoms with Gasteiger partial charge in [-0.15, -0.1) is 0 Å². The molecule has 6 nitrogen and oxygen atoms in total. The van der Waals surface area contributed by atoms with E-state index < -0.39 is 12.1 Å². The number of hydrogen-bond acceptors (Lipinski definition) is 3. The van der Waals surface area contributed by atoms with Gasteiger partial charge >= 0.3 is 0 Å². The Morgan fingerprint density at radius 1 is 1.03 bits per heavy atom. The van der Waals surface area contributed by atoms with Crippen LogP contribution < -0.4 is 4.74 Å². The van der Waals surface area contributed by atoms with Crippen molar-refractivity contribution >= 4 is 34.3 Å². The molecule has 0 saturated carbocycles. The normalized spacial score (nSPS) is 19.4. The number of fused-ring (bicyclic) bond motifs is 4. The highest BCUT2D eigenvalue weighted by atomic mass is 35.5. The fraction of sp³-hybridized carbons (Fsp3) is 0.241. The number of piperazine rings is 1. The summed E-state index contributed by atoms with van der Waals surface area (Å²) in [6, 6.07) is 22.5. The third-order valence-corrected chi connectivity index (χ3v) is 7.57. The van der Waals surface area contributed by atoms with Crippen molar-refractivity contribution in [3.8, 4) is 5.75 Å². The average Bonchev–Trinajstić information content (AvgIpc) is 3.27. The van der Waals surface area contributed by atoms with Crippen LogP contribution in [0.1, 0.15) is 28.4 Å². The second kappa shape index (κ2) is 9.03. The molecule has 2 amide bonds. The van der Waals surface area contributed by atoms with E-state index in [0.29, 0.717) is 24.4 Å². The van der Waals surface area contributed by atoms with Gasteiger partial charge in [-0.2, -0.15) is 0 Å². The second-order valence-corrected chi connectivity index (χ2v) is 9.84. The molecule has 0 spiro atoms. The Hall–Kier alpha value is -3.77. The van der Waals surface area contributed by atoms with Gasteiger partial charge in [0.2, 0.25) is 11.8 Å². The average molecular weight is 500 g/mol. The summed E-state index contributed by atoms with van der Waals surface area (Å²) in [6.45, 7) is 0.557. The Kier molecular flexibility index (Phi) is 5.69. The van der Waals surface area contributed by atoms with Crippen LogP contribution in [0.25, 0.3) is 10.9 Å². The molecule has 2 aliphatic heterocycles. The molecule has 3 aromatic carbocycles. The lowest BCUT2D eigenvalue weighted by molar-refractivity contribution is -0.158. The van der Waals surface area contributed by atoms with E-state index in [4.69, 9.17) is 16.3 Å². The van der Waals surface area contributed by atoms with E-state index >= 15 is 0 Å². The highest BCUT2D eigenvalue weighted by Gasteiger charge is 2.48. The number of para-hydroxylation sites is 1. The molecule has 1 N–H and O–H groups in total. The Labute approximate surface area is 214 Å². The topological polar surface area (TPSA) is 65.6 Å². The number of rotatable bonds is 5. The molecule has 1 fully saturated rings. The predicted molar refractivity (Wildman–Crippen MR) is 139 cm³/mol. The van der Waals surface area contributed by atoms with E-state index in [2.05, 4.69) is 11.1 Å². The first kappa shape index (κ1) is 22.7. The molecule has 3 heterocycles. The predicted octanol–water partition coefficient (Wildman–Crippen LogP) is 4.76. The minimum atomic E-state index is -0.558. The number of hydrogen-bond donors (Lipinski definition) is 1. The molecule has 0 aliphatic carbocycles. The Bertz CT molecular complexity index is 1460. The SMILES string of the molecule is COc1ccc(CCN2CC(=O)N3C(Cc4c([nH]c5ccccc45)C3c3cccc(Cl)c3)C2=O)cc1. The Morgan fingerprint density at radius 2 is 1.83 bits per heavy atom. The highest BCUT2D eigenvalue weighted by Crippen LogP contribution is 2.42. The van der Waals surface area contributed by atoms with Gasteiger partial charge in [0.1, 0.15) is 11.8 Å². The van der Waals surface area contributed by atoms with Crippen molar-refractivity contribution in [2.45, 2.75) is 24.9 Å². The molecule has 6 rings (SSSR count). The maximum absolute atomic E-state index is 13.8. The first-order chi connectivity index (χ1) is 17.5. The molecular weight excluding hydrogens is 474 g/mol. The van der Waals surface area contributed by atoms with Crippen molar-refractivity contribution in [1.82, 2.24) is 14.8 Å². The van der Waals surface area contributed by atoms with Crippen molar-refractivity contribution in [2.24, 2.45) is 0 Å². The first-order valence-electron chi connectivity index (χ1n) is 12.1. The number of carbonyl (C=O) groups excluding carboxylic acids is 2. The van der Waals surface area contributed by atoms with E-state index in [1.165, 1.54) is 0 Å². The molecule has 1 saturated heterocycles. The van der Waals surface area contributed by atoms with Crippen molar-refractivity contribution in [3.05, 3.63) is 100 Å². The number of nitrogens with one attached hydrogen (secondary N) is 1. The fourth-order valence-electron chi connectivity index (χ4n) is 5.59. The van der Waals surface area contributed by atoms with E-state index in [0.717, 1.165) is 39.0 Å². The number of benzene rings is 3. The third kappa shape index (κ3) is 3.82. The number of aromatic amines is 1. The summed E-state index contributed by atoms with van der Waals surface area (Å²) in [5.41, 5.74) is 5.05. The van der Waals surface area contributed by atoms with Crippen molar-refractivity contribution in [3.63, 3.8) is 0 Å². The number of carbonyl (C=O) groups is 2. The summed E-state index contributed by atoms with van der Waals surface area (Å²) in [7, 11) is 1.64. The van der Waals surface area contributed by atoms with Crippen LogP contribution in [-0.2, 0) is 22.4 Å². The van der Waals surface area contributed by atoms with E-state index in [1.807, 2.05) is 66.7 Å². The first-order valence-corrected chi connectivity index (χ1v) is 12.5. The van der Waals surface area contributed by atoms with Crippen LogP contribution in [0.2, 0.25) is 5.02 Å². The quantitative estimate of drug-likeness (QED) is 0.430. The number of halogens is 1. The van der Waals surface area contributed by atoms with Crippen LogP contribution in [0.3, 0.4) is 0 Å². The van der Waals surface area contributed by atoms with Crippen LogP contribution in [-0.4, -0.2) is 52.8 Å². The molecule has 2 aliphatic rings. The molecular formula is C29H26ClN3O3. The van der Waals surface area contributed by atoms with Gasteiger partial charge in [-0.1, -0.05) is 54.1 Å². The van der Waals surface area contributed by atoms with Gasteiger partial charge in [-0.25, -0.2) is 0 Å². The van der Waals surface area contributed by atoms with Crippen molar-refractivity contribution < 1.29 is 14.3 Å². The summed E-state index contributed by atoms with van der Waals surface area (Å²) >= 11 is 6.36. The molecule has 36 heavy (non-hydrogen) atoms. The molecule has 2 atom stereocenters. The van der Waals surface area contributed by atoms with Crippen LogP contribution >= 0.6 is 11.6 Å². The third-order valence-electron chi connectivity index (χ3n) is 7.34. The zero-order chi connectivity index (χ0) is 24.8. The van der Waals surface area contributed by atoms with Crippen LogP contribution in [0, 0.1) is 0 Å². The summed E-state index contributed by atoms with van der Waals surface area (Å²) in [6.07, 6.45) is 1.16. The van der Waals surface area contributed by atoms with Gasteiger partial charge in [0.05, 0.1) is 19.7 Å². The van der Waals surface area contributed by atoms with Gasteiger partial charge < -0.3 is 19.5 Å². The van der Waals surface area contributed by atoms with E-state index in [9.17, 15) is 9.59 Å². The number of methoxy groups -OCH3 is 1. The van der Waals surface area contributed by atoms with Crippen LogP contribution in [0.4, 0.5) is 0 Å². The summed E-state index contributed by atoms with van der Waals surface area (Å²) in [5, 5.41) is 1.69. The molecule has 1 aromatic heterocycles. The van der Waals surface area contributed by atoms with E-state index in [-0.39, 0.29) is 18.4 Å². The lowest BCUT2D eigenvalue weighted by atomic mass is 9.86. The number of aromatic nitrogens is 1. The van der Waals surface area contributed by atoms with Gasteiger partial charge in [0.15, 0.2) is 0 Å². The van der Waals surface area contributed by atoms with Crippen molar-refractivity contribution in [2.75, 3.05) is 20.2 Å². The Balaban J connectivity index is 1.36. The number of nitrogens with zero attached hydrogens (tertiary/aromatic N) is 2. The smallest absolute Gasteiger partial charge is 0.246 e. The van der Waals surface area contributed by atoms with Gasteiger partial charge in [-0.05, 0) is 53.4 Å².